The van der Waals surface area contributed by atoms with E-state index < -0.39 is 0 Å². The first-order valence-electron chi connectivity index (χ1n) is 9.01. The molecule has 2 atom stereocenters. The molecule has 0 saturated heterocycles. The summed E-state index contributed by atoms with van der Waals surface area (Å²) in [6.07, 6.45) is 5.25. The zero-order valence-corrected chi connectivity index (χ0v) is 15.4. The summed E-state index contributed by atoms with van der Waals surface area (Å²) in [5, 5.41) is 3.85. The van der Waals surface area contributed by atoms with E-state index in [0.29, 0.717) is 11.5 Å². The number of likely N-dealkylation sites (N-methyl/N-ethyl adjacent to an activating group) is 1. The van der Waals surface area contributed by atoms with Crippen molar-refractivity contribution in [1.82, 2.24) is 15.1 Å². The molecule has 1 saturated carbocycles. The van der Waals surface area contributed by atoms with Gasteiger partial charge in [-0.1, -0.05) is 27.7 Å². The summed E-state index contributed by atoms with van der Waals surface area (Å²) in [7, 11) is 4.35. The molecule has 0 bridgehead atoms. The quantitative estimate of drug-likeness (QED) is 0.668. The minimum absolute atomic E-state index is 0.458. The average Bonchev–Trinajstić information content (AvgIpc) is 2.69. The largest absolute Gasteiger partial charge is 0.313 e. The summed E-state index contributed by atoms with van der Waals surface area (Å²) in [6, 6.07) is 0.691. The lowest BCUT2D eigenvalue weighted by Gasteiger charge is -2.35. The van der Waals surface area contributed by atoms with Gasteiger partial charge in [-0.3, -0.25) is 0 Å². The Balaban J connectivity index is 2.58. The van der Waals surface area contributed by atoms with Crippen molar-refractivity contribution < 1.29 is 0 Å². The highest BCUT2D eigenvalue weighted by molar-refractivity contribution is 4.97. The first-order valence-corrected chi connectivity index (χ1v) is 9.01. The van der Waals surface area contributed by atoms with E-state index in [4.69, 9.17) is 0 Å². The van der Waals surface area contributed by atoms with Crippen LogP contribution in [0, 0.1) is 11.3 Å². The minimum Gasteiger partial charge on any atom is -0.313 e. The van der Waals surface area contributed by atoms with E-state index in [-0.39, 0.29) is 0 Å². The molecule has 0 aliphatic heterocycles. The van der Waals surface area contributed by atoms with Crippen molar-refractivity contribution in [3.8, 4) is 0 Å². The van der Waals surface area contributed by atoms with Crippen molar-refractivity contribution in [2.24, 2.45) is 11.3 Å². The van der Waals surface area contributed by atoms with Crippen LogP contribution in [0.4, 0.5) is 0 Å². The molecular formula is C18H39N3. The van der Waals surface area contributed by atoms with Crippen LogP contribution < -0.4 is 5.32 Å². The lowest BCUT2D eigenvalue weighted by Crippen LogP contribution is -2.46. The van der Waals surface area contributed by atoms with Crippen molar-refractivity contribution in [2.75, 3.05) is 46.8 Å². The maximum Gasteiger partial charge on any atom is 0.0159 e. The van der Waals surface area contributed by atoms with Crippen LogP contribution in [-0.2, 0) is 0 Å². The fourth-order valence-electron chi connectivity index (χ4n) is 3.74. The van der Waals surface area contributed by atoms with E-state index in [2.05, 4.69) is 56.9 Å². The Morgan fingerprint density at radius 2 is 1.76 bits per heavy atom. The first-order chi connectivity index (χ1) is 9.90. The predicted molar refractivity (Wildman–Crippen MR) is 93.9 cm³/mol. The SMILES string of the molecule is CCCNC1C(CN(CCC)CCN(C)C)CCC1(C)C. The lowest BCUT2D eigenvalue weighted by atomic mass is 9.84. The molecule has 1 aliphatic rings. The van der Waals surface area contributed by atoms with Crippen molar-refractivity contribution in [2.45, 2.75) is 59.4 Å². The first kappa shape index (κ1) is 18.9. The second-order valence-corrected chi connectivity index (χ2v) is 7.82. The number of nitrogens with one attached hydrogen (secondary N) is 1. The highest BCUT2D eigenvalue weighted by Gasteiger charge is 2.41. The lowest BCUT2D eigenvalue weighted by molar-refractivity contribution is 0.173. The Kier molecular flexibility index (Phi) is 8.22. The van der Waals surface area contributed by atoms with E-state index >= 15 is 0 Å². The summed E-state index contributed by atoms with van der Waals surface area (Å²) in [5.41, 5.74) is 0.458. The Hall–Kier alpha value is -0.120. The molecule has 2 unspecified atom stereocenters. The van der Waals surface area contributed by atoms with Gasteiger partial charge in [0.25, 0.3) is 0 Å². The van der Waals surface area contributed by atoms with Gasteiger partial charge >= 0.3 is 0 Å². The van der Waals surface area contributed by atoms with Gasteiger partial charge in [0.05, 0.1) is 0 Å². The molecule has 1 fully saturated rings. The number of rotatable bonds is 10. The predicted octanol–water partition coefficient (Wildman–Crippen LogP) is 3.06. The van der Waals surface area contributed by atoms with Gasteiger partial charge in [-0.25, -0.2) is 0 Å². The zero-order valence-electron chi connectivity index (χ0n) is 15.4. The highest BCUT2D eigenvalue weighted by atomic mass is 15.2. The molecule has 1 aliphatic carbocycles. The van der Waals surface area contributed by atoms with Crippen molar-refractivity contribution >= 4 is 0 Å². The topological polar surface area (TPSA) is 18.5 Å². The van der Waals surface area contributed by atoms with Crippen LogP contribution in [0.3, 0.4) is 0 Å². The van der Waals surface area contributed by atoms with Gasteiger partial charge in [0.15, 0.2) is 0 Å². The molecule has 0 aromatic heterocycles. The summed E-state index contributed by atoms with van der Waals surface area (Å²) in [4.78, 5) is 4.99. The zero-order chi connectivity index (χ0) is 15.9. The van der Waals surface area contributed by atoms with Gasteiger partial charge in [0.2, 0.25) is 0 Å². The van der Waals surface area contributed by atoms with Crippen molar-refractivity contribution in [3.63, 3.8) is 0 Å². The van der Waals surface area contributed by atoms with Gasteiger partial charge in [0.1, 0.15) is 0 Å². The molecule has 3 nitrogen and oxygen atoms in total. The minimum atomic E-state index is 0.458. The fraction of sp³-hybridized carbons (Fsp3) is 1.00. The van der Waals surface area contributed by atoms with Gasteiger partial charge in [-0.15, -0.1) is 0 Å². The second kappa shape index (κ2) is 9.12. The molecule has 0 radical (unpaired) electrons. The number of nitrogens with zero attached hydrogens (tertiary/aromatic N) is 2. The van der Waals surface area contributed by atoms with E-state index in [0.717, 1.165) is 12.5 Å². The van der Waals surface area contributed by atoms with Gasteiger partial charge in [-0.05, 0) is 64.2 Å². The molecule has 3 heteroatoms. The summed E-state index contributed by atoms with van der Waals surface area (Å²) in [6.45, 7) is 15.5. The monoisotopic (exact) mass is 297 g/mol. The van der Waals surface area contributed by atoms with E-state index in [1.54, 1.807) is 0 Å². The van der Waals surface area contributed by atoms with Crippen LogP contribution in [0.25, 0.3) is 0 Å². The standard InChI is InChI=1S/C18H39N3/c1-7-11-19-17-16(9-10-18(17,3)4)15-21(12-8-2)14-13-20(5)6/h16-17,19H,7-15H2,1-6H3. The van der Waals surface area contributed by atoms with Gasteiger partial charge < -0.3 is 15.1 Å². The third kappa shape index (κ3) is 6.25. The molecule has 0 spiro atoms. The highest BCUT2D eigenvalue weighted by Crippen LogP contribution is 2.41. The summed E-state index contributed by atoms with van der Waals surface area (Å²) in [5.74, 6) is 0.820. The molecule has 1 rings (SSSR count). The van der Waals surface area contributed by atoms with Crippen molar-refractivity contribution in [1.29, 1.82) is 0 Å². The van der Waals surface area contributed by atoms with E-state index in [1.807, 2.05) is 0 Å². The maximum absolute atomic E-state index is 3.85. The van der Waals surface area contributed by atoms with Crippen molar-refractivity contribution in [3.05, 3.63) is 0 Å². The summed E-state index contributed by atoms with van der Waals surface area (Å²) < 4.78 is 0. The molecule has 0 amide bonds. The Morgan fingerprint density at radius 1 is 1.05 bits per heavy atom. The van der Waals surface area contributed by atoms with Crippen LogP contribution in [0.1, 0.15) is 53.4 Å². The molecule has 126 valence electrons. The van der Waals surface area contributed by atoms with E-state index in [1.165, 1.54) is 51.9 Å². The molecule has 1 N–H and O–H groups in total. The molecule has 0 heterocycles. The number of hydrogen-bond donors (Lipinski definition) is 1. The van der Waals surface area contributed by atoms with Crippen LogP contribution >= 0.6 is 0 Å². The molecular weight excluding hydrogens is 258 g/mol. The van der Waals surface area contributed by atoms with Crippen LogP contribution in [-0.4, -0.2) is 62.7 Å². The Bertz CT molecular complexity index is 276. The number of hydrogen-bond acceptors (Lipinski definition) is 3. The third-order valence-electron chi connectivity index (χ3n) is 4.98. The Morgan fingerprint density at radius 3 is 2.33 bits per heavy atom. The normalized spacial score (nSPS) is 25.1. The Labute approximate surface area is 133 Å². The fourth-order valence-corrected chi connectivity index (χ4v) is 3.74. The molecule has 0 aromatic carbocycles. The molecule has 0 aromatic rings. The van der Waals surface area contributed by atoms with E-state index in [9.17, 15) is 0 Å². The molecule has 21 heavy (non-hydrogen) atoms. The summed E-state index contributed by atoms with van der Waals surface area (Å²) >= 11 is 0. The average molecular weight is 298 g/mol. The van der Waals surface area contributed by atoms with Gasteiger partial charge in [-0.2, -0.15) is 0 Å². The maximum atomic E-state index is 3.85. The second-order valence-electron chi connectivity index (χ2n) is 7.82. The van der Waals surface area contributed by atoms with Crippen LogP contribution in [0.15, 0.2) is 0 Å². The van der Waals surface area contributed by atoms with Crippen LogP contribution in [0.2, 0.25) is 0 Å². The smallest absolute Gasteiger partial charge is 0.0159 e. The van der Waals surface area contributed by atoms with Gasteiger partial charge in [0, 0.05) is 25.7 Å². The third-order valence-corrected chi connectivity index (χ3v) is 4.98. The van der Waals surface area contributed by atoms with Crippen LogP contribution in [0.5, 0.6) is 0 Å².